The second kappa shape index (κ2) is 8.50. The molecule has 1 atom stereocenters. The average Bonchev–Trinajstić information content (AvgIpc) is 3.15. The first-order valence-corrected chi connectivity index (χ1v) is 9.75. The summed E-state index contributed by atoms with van der Waals surface area (Å²) in [4.78, 5) is 25.1. The van der Waals surface area contributed by atoms with Crippen molar-refractivity contribution in [3.05, 3.63) is 42.2 Å². The van der Waals surface area contributed by atoms with E-state index in [4.69, 9.17) is 9.15 Å². The minimum Gasteiger partial charge on any atom is -0.453 e. The van der Waals surface area contributed by atoms with Crippen molar-refractivity contribution in [2.24, 2.45) is 0 Å². The van der Waals surface area contributed by atoms with Crippen LogP contribution in [0.25, 0.3) is 11.3 Å². The lowest BCUT2D eigenvalue weighted by Crippen LogP contribution is -2.48. The van der Waals surface area contributed by atoms with Crippen LogP contribution in [0, 0.1) is 0 Å². The van der Waals surface area contributed by atoms with Crippen LogP contribution in [0.1, 0.15) is 50.6 Å². The lowest BCUT2D eigenvalue weighted by atomic mass is 10.0. The van der Waals surface area contributed by atoms with Gasteiger partial charge in [0.2, 0.25) is 0 Å². The number of nitrogens with zero attached hydrogens (tertiary/aromatic N) is 1. The number of hydrogen-bond acceptors (Lipinski definition) is 5. The lowest BCUT2D eigenvalue weighted by Gasteiger charge is -2.37. The molecule has 0 saturated carbocycles. The number of carbonyl (C=O) groups is 2. The van der Waals surface area contributed by atoms with Crippen molar-refractivity contribution in [1.29, 1.82) is 0 Å². The molecule has 1 amide bonds. The van der Waals surface area contributed by atoms with Crippen LogP contribution < -0.4 is 5.32 Å². The van der Waals surface area contributed by atoms with Gasteiger partial charge in [-0.05, 0) is 76.4 Å². The largest absolute Gasteiger partial charge is 0.453 e. The SMILES string of the molecule is CC(C)(C)OC(=O)N1CCCCC1CNc1ccc(-c2ccc(C=O)o2)cc1. The van der Waals surface area contributed by atoms with Gasteiger partial charge in [-0.25, -0.2) is 4.79 Å². The summed E-state index contributed by atoms with van der Waals surface area (Å²) in [6, 6.07) is 11.4. The topological polar surface area (TPSA) is 71.8 Å². The average molecular weight is 384 g/mol. The van der Waals surface area contributed by atoms with Crippen molar-refractivity contribution in [3.8, 4) is 11.3 Å². The monoisotopic (exact) mass is 384 g/mol. The van der Waals surface area contributed by atoms with Crippen LogP contribution in [0.15, 0.2) is 40.8 Å². The summed E-state index contributed by atoms with van der Waals surface area (Å²) in [6.45, 7) is 7.08. The summed E-state index contributed by atoms with van der Waals surface area (Å²) < 4.78 is 11.0. The predicted molar refractivity (Wildman–Crippen MR) is 109 cm³/mol. The Hall–Kier alpha value is -2.76. The summed E-state index contributed by atoms with van der Waals surface area (Å²) in [7, 11) is 0. The zero-order chi connectivity index (χ0) is 20.1. The van der Waals surface area contributed by atoms with Gasteiger partial charge in [-0.1, -0.05) is 0 Å². The maximum Gasteiger partial charge on any atom is 0.410 e. The number of carbonyl (C=O) groups excluding carboxylic acids is 2. The number of rotatable bonds is 5. The molecule has 1 unspecified atom stereocenters. The predicted octanol–water partition coefficient (Wildman–Crippen LogP) is 4.96. The first-order valence-electron chi connectivity index (χ1n) is 9.75. The van der Waals surface area contributed by atoms with E-state index in [-0.39, 0.29) is 12.1 Å². The Balaban J connectivity index is 1.60. The molecule has 3 rings (SSSR count). The molecule has 150 valence electrons. The van der Waals surface area contributed by atoms with Crippen LogP contribution in [0.5, 0.6) is 0 Å². The third-order valence-corrected chi connectivity index (χ3v) is 4.71. The van der Waals surface area contributed by atoms with Gasteiger partial charge in [0.15, 0.2) is 12.0 Å². The van der Waals surface area contributed by atoms with E-state index in [1.54, 1.807) is 12.1 Å². The maximum atomic E-state index is 12.5. The van der Waals surface area contributed by atoms with Gasteiger partial charge in [-0.15, -0.1) is 0 Å². The number of anilines is 1. The van der Waals surface area contributed by atoms with Crippen molar-refractivity contribution in [3.63, 3.8) is 0 Å². The molecule has 1 aliphatic rings. The number of amides is 1. The van der Waals surface area contributed by atoms with Crippen molar-refractivity contribution >= 4 is 18.1 Å². The molecular weight excluding hydrogens is 356 g/mol. The third-order valence-electron chi connectivity index (χ3n) is 4.71. The summed E-state index contributed by atoms with van der Waals surface area (Å²) in [5.74, 6) is 0.980. The van der Waals surface area contributed by atoms with Crippen LogP contribution >= 0.6 is 0 Å². The molecule has 0 bridgehead atoms. The molecule has 0 aliphatic carbocycles. The molecule has 1 aromatic heterocycles. The highest BCUT2D eigenvalue weighted by molar-refractivity contribution is 5.73. The number of nitrogens with one attached hydrogen (secondary N) is 1. The molecule has 0 radical (unpaired) electrons. The minimum atomic E-state index is -0.488. The molecule has 28 heavy (non-hydrogen) atoms. The molecule has 1 fully saturated rings. The van der Waals surface area contributed by atoms with E-state index < -0.39 is 5.60 Å². The molecule has 2 aromatic rings. The molecular formula is C22H28N2O4. The van der Waals surface area contributed by atoms with E-state index in [0.29, 0.717) is 24.4 Å². The Morgan fingerprint density at radius 1 is 1.21 bits per heavy atom. The smallest absolute Gasteiger partial charge is 0.410 e. The number of piperidine rings is 1. The van der Waals surface area contributed by atoms with E-state index in [0.717, 1.165) is 37.1 Å². The molecule has 1 aromatic carbocycles. The highest BCUT2D eigenvalue weighted by atomic mass is 16.6. The first-order chi connectivity index (χ1) is 13.4. The molecule has 1 saturated heterocycles. The Kier molecular flexibility index (Phi) is 6.07. The van der Waals surface area contributed by atoms with Crippen molar-refractivity contribution < 1.29 is 18.7 Å². The number of furan rings is 1. The van der Waals surface area contributed by atoms with Crippen LogP contribution in [-0.4, -0.2) is 42.0 Å². The third kappa shape index (κ3) is 5.15. The fourth-order valence-corrected chi connectivity index (χ4v) is 3.33. The minimum absolute atomic E-state index is 0.114. The van der Waals surface area contributed by atoms with Gasteiger partial charge in [0.05, 0.1) is 6.04 Å². The Bertz CT molecular complexity index is 805. The highest BCUT2D eigenvalue weighted by Gasteiger charge is 2.30. The fraction of sp³-hybridized carbons (Fsp3) is 0.455. The van der Waals surface area contributed by atoms with E-state index in [1.165, 1.54) is 0 Å². The van der Waals surface area contributed by atoms with E-state index in [2.05, 4.69) is 5.32 Å². The van der Waals surface area contributed by atoms with Crippen LogP contribution in [0.2, 0.25) is 0 Å². The van der Waals surface area contributed by atoms with Gasteiger partial charge < -0.3 is 19.4 Å². The van der Waals surface area contributed by atoms with Crippen LogP contribution in [0.3, 0.4) is 0 Å². The van der Waals surface area contributed by atoms with Gasteiger partial charge in [0.1, 0.15) is 11.4 Å². The number of aldehydes is 1. The Morgan fingerprint density at radius 3 is 2.61 bits per heavy atom. The van der Waals surface area contributed by atoms with Gasteiger partial charge >= 0.3 is 6.09 Å². The fourth-order valence-electron chi connectivity index (χ4n) is 3.33. The van der Waals surface area contributed by atoms with E-state index in [9.17, 15) is 9.59 Å². The summed E-state index contributed by atoms with van der Waals surface area (Å²) in [6.07, 6.45) is 3.54. The van der Waals surface area contributed by atoms with Crippen LogP contribution in [0.4, 0.5) is 10.5 Å². The van der Waals surface area contributed by atoms with Crippen LogP contribution in [-0.2, 0) is 4.74 Å². The second-order valence-electron chi connectivity index (χ2n) is 8.10. The molecule has 6 nitrogen and oxygen atoms in total. The number of hydrogen-bond donors (Lipinski definition) is 1. The lowest BCUT2D eigenvalue weighted by molar-refractivity contribution is 0.0114. The van der Waals surface area contributed by atoms with Crippen molar-refractivity contribution in [2.75, 3.05) is 18.4 Å². The number of likely N-dealkylation sites (tertiary alicyclic amines) is 1. The molecule has 1 aliphatic heterocycles. The molecule has 6 heteroatoms. The second-order valence-corrected chi connectivity index (χ2v) is 8.10. The molecule has 1 N–H and O–H groups in total. The van der Waals surface area contributed by atoms with E-state index in [1.807, 2.05) is 49.9 Å². The van der Waals surface area contributed by atoms with Crippen molar-refractivity contribution in [2.45, 2.75) is 51.7 Å². The maximum absolute atomic E-state index is 12.5. The zero-order valence-corrected chi connectivity index (χ0v) is 16.7. The molecule has 0 spiro atoms. The number of benzene rings is 1. The first kappa shape index (κ1) is 20.0. The summed E-state index contributed by atoms with van der Waals surface area (Å²) in [5.41, 5.74) is 1.39. The summed E-state index contributed by atoms with van der Waals surface area (Å²) >= 11 is 0. The van der Waals surface area contributed by atoms with Gasteiger partial charge in [-0.3, -0.25) is 4.79 Å². The van der Waals surface area contributed by atoms with Gasteiger partial charge in [0.25, 0.3) is 0 Å². The zero-order valence-electron chi connectivity index (χ0n) is 16.7. The van der Waals surface area contributed by atoms with Crippen molar-refractivity contribution in [1.82, 2.24) is 4.90 Å². The quantitative estimate of drug-likeness (QED) is 0.738. The Labute approximate surface area is 165 Å². The summed E-state index contributed by atoms with van der Waals surface area (Å²) in [5, 5.41) is 3.42. The normalized spacial score (nSPS) is 17.2. The molecule has 2 heterocycles. The highest BCUT2D eigenvalue weighted by Crippen LogP contribution is 2.24. The number of ether oxygens (including phenoxy) is 1. The standard InChI is InChI=1S/C22H28N2O4/c1-22(2,3)28-21(26)24-13-5-4-6-18(24)14-23-17-9-7-16(8-10-17)20-12-11-19(15-25)27-20/h7-12,15,18,23H,4-6,13-14H2,1-3H3. The van der Waals surface area contributed by atoms with Gasteiger partial charge in [0, 0.05) is 24.3 Å². The Morgan fingerprint density at radius 2 is 1.96 bits per heavy atom. The van der Waals surface area contributed by atoms with E-state index >= 15 is 0 Å². The van der Waals surface area contributed by atoms with Gasteiger partial charge in [-0.2, -0.15) is 0 Å².